The van der Waals surface area contributed by atoms with Gasteiger partial charge in [0.25, 0.3) is 0 Å². The highest BCUT2D eigenvalue weighted by atomic mass is 16.5. The van der Waals surface area contributed by atoms with E-state index in [9.17, 15) is 0 Å². The fraction of sp³-hybridized carbons (Fsp3) is 0.692. The lowest BCUT2D eigenvalue weighted by Crippen LogP contribution is -2.25. The molecule has 0 saturated carbocycles. The van der Waals surface area contributed by atoms with Crippen LogP contribution in [0.1, 0.15) is 150 Å². The summed E-state index contributed by atoms with van der Waals surface area (Å²) in [5, 5.41) is 0. The van der Waals surface area contributed by atoms with Crippen molar-refractivity contribution in [3.63, 3.8) is 0 Å². The largest absolute Gasteiger partial charge is 0.493 e. The third kappa shape index (κ3) is 12.8. The number of ether oxygens (including phenoxy) is 2. The molecule has 0 amide bonds. The van der Waals surface area contributed by atoms with Crippen LogP contribution in [0, 0.1) is 38.5 Å². The molecular weight excluding hydrogens is 500 g/mol. The molecular formula is C39H68O2. The Balaban J connectivity index is 0.00000382. The Labute approximate surface area is 257 Å². The third-order valence-corrected chi connectivity index (χ3v) is 7.21. The molecule has 2 nitrogen and oxygen atoms in total. The maximum Gasteiger partial charge on any atom is 0.125 e. The van der Waals surface area contributed by atoms with E-state index in [2.05, 4.69) is 121 Å². The van der Waals surface area contributed by atoms with E-state index in [1.165, 1.54) is 33.4 Å². The fourth-order valence-electron chi connectivity index (χ4n) is 6.40. The van der Waals surface area contributed by atoms with Crippen molar-refractivity contribution in [3.05, 3.63) is 57.6 Å². The second-order valence-electron chi connectivity index (χ2n) is 15.2. The molecule has 41 heavy (non-hydrogen) atoms. The van der Waals surface area contributed by atoms with Crippen LogP contribution in [-0.2, 0) is 10.8 Å². The minimum Gasteiger partial charge on any atom is -0.493 e. The van der Waals surface area contributed by atoms with Crippen molar-refractivity contribution in [2.45, 2.75) is 155 Å². The van der Waals surface area contributed by atoms with Gasteiger partial charge in [-0.3, -0.25) is 0 Å². The summed E-state index contributed by atoms with van der Waals surface area (Å²) in [5.74, 6) is 2.04. The van der Waals surface area contributed by atoms with Gasteiger partial charge >= 0.3 is 0 Å². The zero-order valence-electron chi connectivity index (χ0n) is 30.7. The summed E-state index contributed by atoms with van der Waals surface area (Å²) < 4.78 is 12.5. The number of hydrogen-bond acceptors (Lipinski definition) is 2. The first kappa shape index (κ1) is 39.0. The molecule has 2 aromatic rings. The molecule has 0 unspecified atom stereocenters. The molecule has 0 heterocycles. The first-order valence-electron chi connectivity index (χ1n) is 16.2. The lowest BCUT2D eigenvalue weighted by molar-refractivity contribution is 0.243. The van der Waals surface area contributed by atoms with E-state index in [0.717, 1.165) is 30.8 Å². The van der Waals surface area contributed by atoms with E-state index in [1.54, 1.807) is 0 Å². The van der Waals surface area contributed by atoms with Crippen LogP contribution in [0.15, 0.2) is 24.3 Å². The molecule has 2 aromatic carbocycles. The zero-order valence-corrected chi connectivity index (χ0v) is 30.7. The minimum absolute atomic E-state index is 0.132. The summed E-state index contributed by atoms with van der Waals surface area (Å²) in [7, 11) is 0. The molecule has 0 aliphatic rings. The zero-order chi connectivity index (χ0) is 32.4. The van der Waals surface area contributed by atoms with E-state index < -0.39 is 0 Å². The molecule has 0 saturated heterocycles. The second-order valence-corrected chi connectivity index (χ2v) is 15.2. The first-order chi connectivity index (χ1) is 18.7. The molecule has 0 atom stereocenters. The lowest BCUT2D eigenvalue weighted by atomic mass is 9.72. The van der Waals surface area contributed by atoms with Gasteiger partial charge in [-0.15, -0.1) is 0 Å². The molecule has 0 fully saturated rings. The Morgan fingerprint density at radius 3 is 0.927 bits per heavy atom. The molecule has 0 bridgehead atoms. The van der Waals surface area contributed by atoms with Crippen molar-refractivity contribution in [1.82, 2.24) is 0 Å². The van der Waals surface area contributed by atoms with Crippen LogP contribution < -0.4 is 9.47 Å². The van der Waals surface area contributed by atoms with Crippen LogP contribution in [0.5, 0.6) is 11.5 Å². The van der Waals surface area contributed by atoms with Crippen molar-refractivity contribution < 1.29 is 9.47 Å². The van der Waals surface area contributed by atoms with Gasteiger partial charge in [0.15, 0.2) is 0 Å². The SMILES string of the molecule is CC.CC.Cc1cc(C(C)(C)CC(C)(C)C)cc(C)c1OCCCOc1c(C)cc(C(C)(C)CC(C)(C)C)cc1C. The Morgan fingerprint density at radius 1 is 0.463 bits per heavy atom. The molecule has 0 spiro atoms. The average molecular weight is 569 g/mol. The molecule has 0 aliphatic heterocycles. The monoisotopic (exact) mass is 569 g/mol. The normalized spacial score (nSPS) is 12.1. The van der Waals surface area contributed by atoms with Gasteiger partial charge in [0, 0.05) is 6.42 Å². The number of benzene rings is 2. The topological polar surface area (TPSA) is 18.5 Å². The Kier molecular flexibility index (Phi) is 15.3. The van der Waals surface area contributed by atoms with Gasteiger partial charge in [0.1, 0.15) is 11.5 Å². The van der Waals surface area contributed by atoms with Crippen molar-refractivity contribution in [3.8, 4) is 11.5 Å². The summed E-state index contributed by atoms with van der Waals surface area (Å²) in [4.78, 5) is 0. The smallest absolute Gasteiger partial charge is 0.125 e. The van der Waals surface area contributed by atoms with Gasteiger partial charge in [-0.2, -0.15) is 0 Å². The van der Waals surface area contributed by atoms with Crippen LogP contribution in [0.25, 0.3) is 0 Å². The average Bonchev–Trinajstić information content (AvgIpc) is 2.81. The fourth-order valence-corrected chi connectivity index (χ4v) is 6.40. The van der Waals surface area contributed by atoms with Crippen LogP contribution >= 0.6 is 0 Å². The number of aryl methyl sites for hydroxylation is 4. The maximum atomic E-state index is 6.26. The number of hydrogen-bond donors (Lipinski definition) is 0. The van der Waals surface area contributed by atoms with Gasteiger partial charge in [-0.05, 0) is 95.6 Å². The molecule has 0 N–H and O–H groups in total. The van der Waals surface area contributed by atoms with Crippen molar-refractivity contribution in [2.75, 3.05) is 13.2 Å². The van der Waals surface area contributed by atoms with E-state index in [-0.39, 0.29) is 10.8 Å². The van der Waals surface area contributed by atoms with Gasteiger partial charge in [-0.1, -0.05) is 121 Å². The van der Waals surface area contributed by atoms with Crippen molar-refractivity contribution in [1.29, 1.82) is 0 Å². The van der Waals surface area contributed by atoms with Crippen LogP contribution in [0.4, 0.5) is 0 Å². The molecule has 2 rings (SSSR count). The minimum atomic E-state index is 0.132. The summed E-state index contributed by atoms with van der Waals surface area (Å²) in [6, 6.07) is 9.28. The van der Waals surface area contributed by atoms with Crippen LogP contribution in [0.2, 0.25) is 0 Å². The standard InChI is InChI=1S/C35H56O2.2C2H6/c1-24-18-28(34(11,12)22-32(5,6)7)19-25(2)30(24)36-16-15-17-37-31-26(3)20-29(21-27(31)4)35(13,14)23-33(8,9)10;2*1-2/h18-21H,15-17,22-23H2,1-14H3;2*1-2H3. The van der Waals surface area contributed by atoms with E-state index >= 15 is 0 Å². The van der Waals surface area contributed by atoms with Gasteiger partial charge in [0.05, 0.1) is 13.2 Å². The third-order valence-electron chi connectivity index (χ3n) is 7.21. The molecule has 236 valence electrons. The quantitative estimate of drug-likeness (QED) is 0.265. The maximum absolute atomic E-state index is 6.26. The second kappa shape index (κ2) is 16.0. The van der Waals surface area contributed by atoms with Gasteiger partial charge in [-0.25, -0.2) is 0 Å². The Hall–Kier alpha value is -1.96. The summed E-state index contributed by atoms with van der Waals surface area (Å²) in [5.41, 5.74) is 8.52. The van der Waals surface area contributed by atoms with Crippen LogP contribution in [-0.4, -0.2) is 13.2 Å². The molecule has 2 heteroatoms. The Morgan fingerprint density at radius 2 is 0.707 bits per heavy atom. The van der Waals surface area contributed by atoms with Crippen molar-refractivity contribution >= 4 is 0 Å². The predicted octanol–water partition coefficient (Wildman–Crippen LogP) is 12.2. The van der Waals surface area contributed by atoms with Gasteiger partial charge < -0.3 is 9.47 Å². The highest BCUT2D eigenvalue weighted by Gasteiger charge is 2.29. The number of rotatable bonds is 10. The summed E-state index contributed by atoms with van der Waals surface area (Å²) >= 11 is 0. The molecule has 0 aliphatic carbocycles. The van der Waals surface area contributed by atoms with Crippen molar-refractivity contribution in [2.24, 2.45) is 10.8 Å². The highest BCUT2D eigenvalue weighted by molar-refractivity contribution is 5.46. The highest BCUT2D eigenvalue weighted by Crippen LogP contribution is 2.40. The van der Waals surface area contributed by atoms with E-state index in [1.807, 2.05) is 27.7 Å². The molecule has 0 radical (unpaired) electrons. The van der Waals surface area contributed by atoms with E-state index in [4.69, 9.17) is 9.47 Å². The van der Waals surface area contributed by atoms with Gasteiger partial charge in [0.2, 0.25) is 0 Å². The first-order valence-corrected chi connectivity index (χ1v) is 16.2. The Bertz CT molecular complexity index is 926. The summed E-state index contributed by atoms with van der Waals surface area (Å²) in [6.45, 7) is 41.3. The summed E-state index contributed by atoms with van der Waals surface area (Å²) in [6.07, 6.45) is 3.14. The van der Waals surface area contributed by atoms with Crippen LogP contribution in [0.3, 0.4) is 0 Å². The lowest BCUT2D eigenvalue weighted by Gasteiger charge is -2.33. The van der Waals surface area contributed by atoms with E-state index in [0.29, 0.717) is 24.0 Å². The molecule has 0 aromatic heterocycles. The predicted molar refractivity (Wildman–Crippen MR) is 184 cm³/mol.